The molecule has 112 valence electrons. The predicted octanol–water partition coefficient (Wildman–Crippen LogP) is 2.68. The zero-order valence-corrected chi connectivity index (χ0v) is 12.9. The van der Waals surface area contributed by atoms with E-state index in [0.29, 0.717) is 28.7 Å². The molecule has 7 heteroatoms. The average molecular weight is 328 g/mol. The third kappa shape index (κ3) is 4.20. The number of carbonyl (C=O) groups is 1. The zero-order valence-electron chi connectivity index (χ0n) is 11.4. The topological polar surface area (TPSA) is 67.2 Å². The van der Waals surface area contributed by atoms with E-state index in [0.717, 1.165) is 0 Å². The molecule has 5 nitrogen and oxygen atoms in total. The molecule has 0 fully saturated rings. The minimum Gasteiger partial charge on any atom is -0.393 e. The van der Waals surface area contributed by atoms with Gasteiger partial charge in [0, 0.05) is 17.8 Å². The number of aliphatic hydroxyl groups excluding tert-OH is 1. The van der Waals surface area contributed by atoms with Gasteiger partial charge in [-0.25, -0.2) is 4.68 Å². The molecule has 1 aromatic heterocycles. The van der Waals surface area contributed by atoms with Crippen LogP contribution in [0.15, 0.2) is 30.5 Å². The van der Waals surface area contributed by atoms with E-state index in [1.165, 1.54) is 4.68 Å². The second kappa shape index (κ2) is 6.93. The van der Waals surface area contributed by atoms with Crippen LogP contribution in [-0.4, -0.2) is 33.4 Å². The molecule has 1 unspecified atom stereocenters. The van der Waals surface area contributed by atoms with Crippen molar-refractivity contribution in [3.8, 4) is 5.69 Å². The lowest BCUT2D eigenvalue weighted by atomic mass is 10.3. The molecule has 0 bridgehead atoms. The smallest absolute Gasteiger partial charge is 0.271 e. The molecule has 0 aliphatic heterocycles. The first-order valence-electron chi connectivity index (χ1n) is 6.44. The van der Waals surface area contributed by atoms with Crippen LogP contribution in [0.2, 0.25) is 10.0 Å². The van der Waals surface area contributed by atoms with Crippen LogP contribution in [0.25, 0.3) is 5.69 Å². The minimum absolute atomic E-state index is 0.284. The summed E-state index contributed by atoms with van der Waals surface area (Å²) in [5, 5.41) is 17.0. The van der Waals surface area contributed by atoms with Crippen LogP contribution in [0.3, 0.4) is 0 Å². The molecule has 2 N–H and O–H groups in total. The van der Waals surface area contributed by atoms with Gasteiger partial charge in [0.2, 0.25) is 0 Å². The van der Waals surface area contributed by atoms with Crippen molar-refractivity contribution in [1.82, 2.24) is 15.1 Å². The van der Waals surface area contributed by atoms with Gasteiger partial charge >= 0.3 is 0 Å². The number of carbonyl (C=O) groups excluding carboxylic acids is 1. The van der Waals surface area contributed by atoms with Gasteiger partial charge in [0.15, 0.2) is 5.69 Å². The molecular formula is C14H15Cl2N3O2. The fraction of sp³-hybridized carbons (Fsp3) is 0.286. The molecular weight excluding hydrogens is 313 g/mol. The summed E-state index contributed by atoms with van der Waals surface area (Å²) >= 11 is 11.9. The first-order chi connectivity index (χ1) is 9.97. The third-order valence-corrected chi connectivity index (χ3v) is 3.36. The van der Waals surface area contributed by atoms with E-state index in [-0.39, 0.29) is 11.6 Å². The van der Waals surface area contributed by atoms with Crippen LogP contribution >= 0.6 is 23.2 Å². The van der Waals surface area contributed by atoms with Gasteiger partial charge in [0.1, 0.15) is 0 Å². The Morgan fingerprint density at radius 1 is 1.43 bits per heavy atom. The Morgan fingerprint density at radius 3 is 2.86 bits per heavy atom. The van der Waals surface area contributed by atoms with Gasteiger partial charge in [-0.3, -0.25) is 4.79 Å². The summed E-state index contributed by atoms with van der Waals surface area (Å²) in [6.45, 7) is 2.06. The summed E-state index contributed by atoms with van der Waals surface area (Å²) in [6.07, 6.45) is 1.70. The van der Waals surface area contributed by atoms with Crippen molar-refractivity contribution in [2.75, 3.05) is 6.54 Å². The zero-order chi connectivity index (χ0) is 15.4. The maximum atomic E-state index is 11.9. The summed E-state index contributed by atoms with van der Waals surface area (Å²) in [5.74, 6) is -0.292. The van der Waals surface area contributed by atoms with Crippen molar-refractivity contribution >= 4 is 29.1 Å². The second-order valence-corrected chi connectivity index (χ2v) is 5.48. The van der Waals surface area contributed by atoms with Gasteiger partial charge in [0.25, 0.3) is 5.91 Å². The highest BCUT2D eigenvalue weighted by Crippen LogP contribution is 2.23. The van der Waals surface area contributed by atoms with Gasteiger partial charge in [0.05, 0.1) is 16.8 Å². The Kier molecular flexibility index (Phi) is 5.22. The first kappa shape index (κ1) is 15.8. The van der Waals surface area contributed by atoms with E-state index < -0.39 is 6.10 Å². The van der Waals surface area contributed by atoms with Gasteiger partial charge < -0.3 is 10.4 Å². The summed E-state index contributed by atoms with van der Waals surface area (Å²) < 4.78 is 1.52. The highest BCUT2D eigenvalue weighted by molar-refractivity contribution is 6.35. The van der Waals surface area contributed by atoms with Crippen molar-refractivity contribution in [3.63, 3.8) is 0 Å². The molecule has 0 aliphatic rings. The van der Waals surface area contributed by atoms with E-state index in [4.69, 9.17) is 28.3 Å². The lowest BCUT2D eigenvalue weighted by Crippen LogP contribution is -2.27. The van der Waals surface area contributed by atoms with Crippen LogP contribution in [0.1, 0.15) is 23.8 Å². The highest BCUT2D eigenvalue weighted by Gasteiger charge is 2.11. The van der Waals surface area contributed by atoms with Crippen LogP contribution in [-0.2, 0) is 0 Å². The summed E-state index contributed by atoms with van der Waals surface area (Å²) in [4.78, 5) is 11.9. The summed E-state index contributed by atoms with van der Waals surface area (Å²) in [7, 11) is 0. The minimum atomic E-state index is -0.448. The molecule has 0 saturated heterocycles. The fourth-order valence-corrected chi connectivity index (χ4v) is 2.23. The summed E-state index contributed by atoms with van der Waals surface area (Å²) in [5.41, 5.74) is 0.927. The van der Waals surface area contributed by atoms with Crippen molar-refractivity contribution in [3.05, 3.63) is 46.2 Å². The molecule has 0 spiro atoms. The third-order valence-electron chi connectivity index (χ3n) is 2.83. The van der Waals surface area contributed by atoms with Crippen molar-refractivity contribution in [2.45, 2.75) is 19.4 Å². The molecule has 21 heavy (non-hydrogen) atoms. The Labute approximate surface area is 132 Å². The number of halogens is 2. The largest absolute Gasteiger partial charge is 0.393 e. The number of hydrogen-bond acceptors (Lipinski definition) is 3. The predicted molar refractivity (Wildman–Crippen MR) is 82.2 cm³/mol. The lowest BCUT2D eigenvalue weighted by Gasteiger charge is -2.06. The Hall–Kier alpha value is -1.56. The monoisotopic (exact) mass is 327 g/mol. The second-order valence-electron chi connectivity index (χ2n) is 4.63. The first-order valence-corrected chi connectivity index (χ1v) is 7.20. The van der Waals surface area contributed by atoms with E-state index in [1.807, 2.05) is 0 Å². The van der Waals surface area contributed by atoms with Crippen molar-refractivity contribution in [2.24, 2.45) is 0 Å². The Balaban J connectivity index is 2.09. The molecule has 0 radical (unpaired) electrons. The number of amides is 1. The number of rotatable bonds is 5. The lowest BCUT2D eigenvalue weighted by molar-refractivity contribution is 0.0940. The molecule has 1 aromatic carbocycles. The maximum absolute atomic E-state index is 11.9. The number of nitrogens with one attached hydrogen (secondary N) is 1. The molecule has 1 amide bonds. The van der Waals surface area contributed by atoms with Gasteiger partial charge in [-0.2, -0.15) is 5.10 Å². The molecule has 1 atom stereocenters. The van der Waals surface area contributed by atoms with Crippen molar-refractivity contribution in [1.29, 1.82) is 0 Å². The SMILES string of the molecule is CC(O)CCNC(=O)c1ccn(-c2ccc(Cl)cc2Cl)n1. The molecule has 1 heterocycles. The Morgan fingerprint density at radius 2 is 2.19 bits per heavy atom. The van der Waals surface area contributed by atoms with Crippen LogP contribution in [0, 0.1) is 0 Å². The van der Waals surface area contributed by atoms with Gasteiger partial charge in [-0.1, -0.05) is 23.2 Å². The number of aromatic nitrogens is 2. The summed E-state index contributed by atoms with van der Waals surface area (Å²) in [6, 6.07) is 6.64. The van der Waals surface area contributed by atoms with E-state index in [9.17, 15) is 4.79 Å². The van der Waals surface area contributed by atoms with Crippen LogP contribution < -0.4 is 5.32 Å². The number of hydrogen-bond donors (Lipinski definition) is 2. The number of aliphatic hydroxyl groups is 1. The van der Waals surface area contributed by atoms with E-state index >= 15 is 0 Å². The van der Waals surface area contributed by atoms with Crippen molar-refractivity contribution < 1.29 is 9.90 Å². The van der Waals surface area contributed by atoms with Crippen LogP contribution in [0.5, 0.6) is 0 Å². The fourth-order valence-electron chi connectivity index (χ4n) is 1.73. The van der Waals surface area contributed by atoms with Gasteiger partial charge in [-0.05, 0) is 37.6 Å². The standard InChI is InChI=1S/C14H15Cl2N3O2/c1-9(20)4-6-17-14(21)12-5-7-19(18-12)13-3-2-10(15)8-11(13)16/h2-3,5,7-9,20H,4,6H2,1H3,(H,17,21). The van der Waals surface area contributed by atoms with E-state index in [1.54, 1.807) is 37.4 Å². The molecule has 0 saturated carbocycles. The highest BCUT2D eigenvalue weighted by atomic mass is 35.5. The maximum Gasteiger partial charge on any atom is 0.271 e. The molecule has 2 aromatic rings. The average Bonchev–Trinajstić information content (AvgIpc) is 2.87. The van der Waals surface area contributed by atoms with Crippen LogP contribution in [0.4, 0.5) is 0 Å². The normalized spacial score (nSPS) is 12.2. The number of benzene rings is 1. The quantitative estimate of drug-likeness (QED) is 0.887. The molecule has 2 rings (SSSR count). The molecule has 0 aliphatic carbocycles. The van der Waals surface area contributed by atoms with E-state index in [2.05, 4.69) is 10.4 Å². The van der Waals surface area contributed by atoms with Gasteiger partial charge in [-0.15, -0.1) is 0 Å². The number of nitrogens with zero attached hydrogens (tertiary/aromatic N) is 2. The Bertz CT molecular complexity index is 641.